The highest BCUT2D eigenvalue weighted by Gasteiger charge is 2.27. The number of hydrogen-bond donors (Lipinski definition) is 1. The summed E-state index contributed by atoms with van der Waals surface area (Å²) in [6.07, 6.45) is 0.985. The van der Waals surface area contributed by atoms with Gasteiger partial charge in [-0.3, -0.25) is 4.79 Å². The van der Waals surface area contributed by atoms with E-state index in [1.54, 1.807) is 21.7 Å². The summed E-state index contributed by atoms with van der Waals surface area (Å²) in [5.74, 6) is -0.0665. The first-order valence-corrected chi connectivity index (χ1v) is 8.26. The third kappa shape index (κ3) is 3.19. The third-order valence-electron chi connectivity index (χ3n) is 4.50. The van der Waals surface area contributed by atoms with Crippen molar-refractivity contribution in [1.29, 1.82) is 0 Å². The van der Waals surface area contributed by atoms with Crippen molar-refractivity contribution in [2.24, 2.45) is 5.92 Å². The van der Waals surface area contributed by atoms with E-state index in [0.717, 1.165) is 37.4 Å². The molecule has 1 saturated heterocycles. The van der Waals surface area contributed by atoms with Crippen molar-refractivity contribution in [2.75, 3.05) is 26.7 Å². The molecule has 1 unspecified atom stereocenters. The van der Waals surface area contributed by atoms with Crippen LogP contribution in [-0.2, 0) is 0 Å². The van der Waals surface area contributed by atoms with E-state index in [1.165, 1.54) is 6.07 Å². The zero-order valence-electron chi connectivity index (χ0n) is 14.3. The Morgan fingerprint density at radius 1 is 1.38 bits per heavy atom. The summed E-state index contributed by atoms with van der Waals surface area (Å²) >= 11 is 0. The zero-order chi connectivity index (χ0) is 17.3. The summed E-state index contributed by atoms with van der Waals surface area (Å²) in [5, 5.41) is 7.44. The predicted molar refractivity (Wildman–Crippen MR) is 90.9 cm³/mol. The SMILES string of the molecule is CNCC1CCN(C(=O)c2ccc(-n3nc(C)cc3C)c(F)c2)C1. The van der Waals surface area contributed by atoms with Crippen molar-refractivity contribution in [3.8, 4) is 5.69 Å². The van der Waals surface area contributed by atoms with Crippen molar-refractivity contribution < 1.29 is 9.18 Å². The van der Waals surface area contributed by atoms with Gasteiger partial charge in [-0.25, -0.2) is 9.07 Å². The minimum Gasteiger partial charge on any atom is -0.338 e. The van der Waals surface area contributed by atoms with E-state index in [0.29, 0.717) is 17.2 Å². The molecule has 1 N–H and O–H groups in total. The molecule has 2 aromatic rings. The zero-order valence-corrected chi connectivity index (χ0v) is 14.3. The Morgan fingerprint density at radius 2 is 2.17 bits per heavy atom. The van der Waals surface area contributed by atoms with Crippen LogP contribution in [0.5, 0.6) is 0 Å². The van der Waals surface area contributed by atoms with Gasteiger partial charge < -0.3 is 10.2 Å². The van der Waals surface area contributed by atoms with Crippen LogP contribution >= 0.6 is 0 Å². The maximum absolute atomic E-state index is 14.5. The first-order valence-electron chi connectivity index (χ1n) is 8.26. The van der Waals surface area contributed by atoms with Gasteiger partial charge in [0.05, 0.1) is 5.69 Å². The van der Waals surface area contributed by atoms with Crippen LogP contribution in [0.1, 0.15) is 28.2 Å². The minimum atomic E-state index is -0.432. The lowest BCUT2D eigenvalue weighted by atomic mass is 10.1. The molecular formula is C18H23FN4O. The number of amides is 1. The monoisotopic (exact) mass is 330 g/mol. The normalized spacial score (nSPS) is 17.5. The lowest BCUT2D eigenvalue weighted by Crippen LogP contribution is -2.30. The first kappa shape index (κ1) is 16.6. The Bertz CT molecular complexity index is 755. The molecule has 0 spiro atoms. The van der Waals surface area contributed by atoms with Crippen LogP contribution in [0.25, 0.3) is 5.69 Å². The average Bonchev–Trinajstić information content (AvgIpc) is 3.13. The second-order valence-electron chi connectivity index (χ2n) is 6.47. The van der Waals surface area contributed by atoms with E-state index in [2.05, 4.69) is 10.4 Å². The second kappa shape index (κ2) is 6.73. The molecule has 0 radical (unpaired) electrons. The van der Waals surface area contributed by atoms with E-state index in [9.17, 15) is 9.18 Å². The molecule has 1 fully saturated rings. The number of nitrogens with one attached hydrogen (secondary N) is 1. The molecule has 128 valence electrons. The number of hydrogen-bond acceptors (Lipinski definition) is 3. The smallest absolute Gasteiger partial charge is 0.253 e. The van der Waals surface area contributed by atoms with Gasteiger partial charge in [0.2, 0.25) is 0 Å². The topological polar surface area (TPSA) is 50.2 Å². The van der Waals surface area contributed by atoms with Crippen LogP contribution < -0.4 is 5.32 Å². The van der Waals surface area contributed by atoms with Crippen LogP contribution in [0.2, 0.25) is 0 Å². The third-order valence-corrected chi connectivity index (χ3v) is 4.50. The van der Waals surface area contributed by atoms with Crippen molar-refractivity contribution in [1.82, 2.24) is 20.0 Å². The summed E-state index contributed by atoms with van der Waals surface area (Å²) < 4.78 is 16.1. The van der Waals surface area contributed by atoms with E-state index in [1.807, 2.05) is 27.0 Å². The van der Waals surface area contributed by atoms with Crippen LogP contribution in [0, 0.1) is 25.6 Å². The van der Waals surface area contributed by atoms with Gasteiger partial charge in [-0.1, -0.05) is 0 Å². The maximum Gasteiger partial charge on any atom is 0.253 e. The van der Waals surface area contributed by atoms with E-state index in [-0.39, 0.29) is 5.91 Å². The highest BCUT2D eigenvalue weighted by molar-refractivity contribution is 5.94. The number of nitrogens with zero attached hydrogens (tertiary/aromatic N) is 3. The van der Waals surface area contributed by atoms with Crippen LogP contribution in [-0.4, -0.2) is 47.3 Å². The molecule has 0 saturated carbocycles. The fourth-order valence-corrected chi connectivity index (χ4v) is 3.34. The van der Waals surface area contributed by atoms with Crippen LogP contribution in [0.3, 0.4) is 0 Å². The number of aryl methyl sites for hydroxylation is 2. The number of likely N-dealkylation sites (tertiary alicyclic amines) is 1. The van der Waals surface area contributed by atoms with Crippen molar-refractivity contribution in [3.63, 3.8) is 0 Å². The maximum atomic E-state index is 14.5. The quantitative estimate of drug-likeness (QED) is 0.936. The number of carbonyl (C=O) groups excluding carboxylic acids is 1. The van der Waals surface area contributed by atoms with E-state index in [4.69, 9.17) is 0 Å². The van der Waals surface area contributed by atoms with Gasteiger partial charge in [0, 0.05) is 24.3 Å². The number of halogens is 1. The van der Waals surface area contributed by atoms with Crippen molar-refractivity contribution >= 4 is 5.91 Å². The highest BCUT2D eigenvalue weighted by Crippen LogP contribution is 2.21. The summed E-state index contributed by atoms with van der Waals surface area (Å²) in [7, 11) is 1.91. The van der Waals surface area contributed by atoms with E-state index < -0.39 is 5.82 Å². The molecule has 1 aromatic carbocycles. The summed E-state index contributed by atoms with van der Waals surface area (Å²) in [6, 6.07) is 6.52. The van der Waals surface area contributed by atoms with Gasteiger partial charge in [-0.15, -0.1) is 0 Å². The molecule has 1 aliphatic heterocycles. The molecular weight excluding hydrogens is 307 g/mol. The Balaban J connectivity index is 1.80. The molecule has 3 rings (SSSR count). The Hall–Kier alpha value is -2.21. The van der Waals surface area contributed by atoms with Gasteiger partial charge >= 0.3 is 0 Å². The number of benzene rings is 1. The largest absolute Gasteiger partial charge is 0.338 e. The predicted octanol–water partition coefficient (Wildman–Crippen LogP) is 2.31. The van der Waals surface area contributed by atoms with Crippen LogP contribution in [0.4, 0.5) is 4.39 Å². The average molecular weight is 330 g/mol. The number of rotatable bonds is 4. The fourth-order valence-electron chi connectivity index (χ4n) is 3.34. The summed E-state index contributed by atoms with van der Waals surface area (Å²) in [5.41, 5.74) is 2.45. The molecule has 5 nitrogen and oxygen atoms in total. The lowest BCUT2D eigenvalue weighted by molar-refractivity contribution is 0.0786. The van der Waals surface area contributed by atoms with Gasteiger partial charge in [-0.05, 0) is 64.0 Å². The molecule has 0 bridgehead atoms. The Morgan fingerprint density at radius 3 is 2.79 bits per heavy atom. The minimum absolute atomic E-state index is 0.104. The van der Waals surface area contributed by atoms with Gasteiger partial charge in [-0.2, -0.15) is 5.10 Å². The fraction of sp³-hybridized carbons (Fsp3) is 0.444. The lowest BCUT2D eigenvalue weighted by Gasteiger charge is -2.17. The molecule has 1 atom stereocenters. The molecule has 0 aliphatic carbocycles. The summed E-state index contributed by atoms with van der Waals surface area (Å²) in [6.45, 7) is 6.10. The molecule has 1 amide bonds. The highest BCUT2D eigenvalue weighted by atomic mass is 19.1. The van der Waals surface area contributed by atoms with E-state index >= 15 is 0 Å². The Kier molecular flexibility index (Phi) is 4.66. The van der Waals surface area contributed by atoms with Gasteiger partial charge in [0.25, 0.3) is 5.91 Å². The molecule has 6 heteroatoms. The first-order chi connectivity index (χ1) is 11.5. The molecule has 24 heavy (non-hydrogen) atoms. The Labute approximate surface area is 141 Å². The molecule has 2 heterocycles. The van der Waals surface area contributed by atoms with Crippen molar-refractivity contribution in [2.45, 2.75) is 20.3 Å². The van der Waals surface area contributed by atoms with Gasteiger partial charge in [0.15, 0.2) is 0 Å². The second-order valence-corrected chi connectivity index (χ2v) is 6.47. The van der Waals surface area contributed by atoms with Gasteiger partial charge in [0.1, 0.15) is 11.5 Å². The van der Waals surface area contributed by atoms with Crippen molar-refractivity contribution in [3.05, 3.63) is 47.0 Å². The number of aromatic nitrogens is 2. The summed E-state index contributed by atoms with van der Waals surface area (Å²) in [4.78, 5) is 14.4. The van der Waals surface area contributed by atoms with Crippen LogP contribution in [0.15, 0.2) is 24.3 Å². The molecule has 1 aromatic heterocycles. The number of carbonyl (C=O) groups is 1. The standard InChI is InChI=1S/C18H23FN4O/c1-12-8-13(2)23(21-12)17-5-4-15(9-16(17)19)18(24)22-7-6-14(11-22)10-20-3/h4-5,8-9,14,20H,6-7,10-11H2,1-3H3. The molecule has 1 aliphatic rings.